The molecule has 1 saturated heterocycles. The number of halogens is 2. The van der Waals surface area contributed by atoms with Gasteiger partial charge in [0.15, 0.2) is 0 Å². The predicted molar refractivity (Wildman–Crippen MR) is 100 cm³/mol. The normalized spacial score (nSPS) is 34.1. The van der Waals surface area contributed by atoms with Gasteiger partial charge in [0.25, 0.3) is 0 Å². The molecule has 1 aromatic carbocycles. The van der Waals surface area contributed by atoms with Crippen LogP contribution in [0.4, 0.5) is 4.39 Å². The van der Waals surface area contributed by atoms with Gasteiger partial charge in [-0.1, -0.05) is 18.6 Å². The number of hydrogen-bond donors (Lipinski definition) is 1. The first kappa shape index (κ1) is 19.6. The summed E-state index contributed by atoms with van der Waals surface area (Å²) < 4.78 is 19.0. The van der Waals surface area contributed by atoms with Gasteiger partial charge in [-0.25, -0.2) is 4.39 Å². The molecule has 2 bridgehead atoms. The summed E-state index contributed by atoms with van der Waals surface area (Å²) in [6.07, 6.45) is 5.31. The molecule has 1 aliphatic heterocycles. The first-order valence-corrected chi connectivity index (χ1v) is 9.53. The highest BCUT2D eigenvalue weighted by Gasteiger charge is 2.42. The second-order valence-corrected chi connectivity index (χ2v) is 7.89. The van der Waals surface area contributed by atoms with E-state index in [0.29, 0.717) is 31.5 Å². The number of morpholine rings is 1. The highest BCUT2D eigenvalue weighted by atomic mass is 35.5. The minimum absolute atomic E-state index is 0. The largest absolute Gasteiger partial charge is 0.370 e. The van der Waals surface area contributed by atoms with Gasteiger partial charge in [-0.05, 0) is 55.2 Å². The van der Waals surface area contributed by atoms with E-state index in [9.17, 15) is 9.18 Å². The Bertz CT molecular complexity index is 613. The van der Waals surface area contributed by atoms with Gasteiger partial charge in [0.2, 0.25) is 5.91 Å². The Labute approximate surface area is 160 Å². The van der Waals surface area contributed by atoms with E-state index < -0.39 is 0 Å². The predicted octanol–water partition coefficient (Wildman–Crippen LogP) is 3.30. The molecular weight excluding hydrogens is 355 g/mol. The molecular formula is C20H28ClFN2O2. The van der Waals surface area contributed by atoms with Gasteiger partial charge in [-0.15, -0.1) is 12.4 Å². The Morgan fingerprint density at radius 1 is 1.15 bits per heavy atom. The fourth-order valence-corrected chi connectivity index (χ4v) is 4.98. The van der Waals surface area contributed by atoms with E-state index in [4.69, 9.17) is 10.5 Å². The first-order valence-electron chi connectivity index (χ1n) is 9.53. The first-order chi connectivity index (χ1) is 12.1. The summed E-state index contributed by atoms with van der Waals surface area (Å²) in [7, 11) is 0. The third kappa shape index (κ3) is 3.90. The van der Waals surface area contributed by atoms with E-state index in [1.54, 1.807) is 12.1 Å². The number of nitrogens with zero attached hydrogens (tertiary/aromatic N) is 1. The lowest BCUT2D eigenvalue weighted by Crippen LogP contribution is -2.51. The molecule has 0 radical (unpaired) electrons. The number of hydrogen-bond acceptors (Lipinski definition) is 3. The molecule has 4 nitrogen and oxygen atoms in total. The van der Waals surface area contributed by atoms with E-state index in [2.05, 4.69) is 0 Å². The van der Waals surface area contributed by atoms with E-state index in [1.807, 2.05) is 4.90 Å². The maximum atomic E-state index is 13.1. The quantitative estimate of drug-likeness (QED) is 0.853. The SMILES string of the molecule is Cl.NC1C2CCCC1CC(C(=O)N1CCOC(c3ccc(F)cc3)C1)C2. The molecule has 1 aromatic rings. The van der Waals surface area contributed by atoms with Crippen molar-refractivity contribution in [3.8, 4) is 0 Å². The van der Waals surface area contributed by atoms with E-state index in [0.717, 1.165) is 18.4 Å². The highest BCUT2D eigenvalue weighted by Crippen LogP contribution is 2.42. The van der Waals surface area contributed by atoms with Crippen molar-refractivity contribution in [2.45, 2.75) is 44.2 Å². The van der Waals surface area contributed by atoms with E-state index in [-0.39, 0.29) is 42.2 Å². The molecule has 0 aromatic heterocycles. The monoisotopic (exact) mass is 382 g/mol. The van der Waals surface area contributed by atoms with Crippen molar-refractivity contribution >= 4 is 18.3 Å². The van der Waals surface area contributed by atoms with Crippen LogP contribution in [0, 0.1) is 23.6 Å². The molecule has 2 aliphatic carbocycles. The van der Waals surface area contributed by atoms with Crippen molar-refractivity contribution in [3.05, 3.63) is 35.6 Å². The number of fused-ring (bicyclic) bond motifs is 2. The molecule has 3 aliphatic rings. The Kier molecular flexibility index (Phi) is 6.21. The average molecular weight is 383 g/mol. The van der Waals surface area contributed by atoms with Crippen LogP contribution >= 0.6 is 12.4 Å². The van der Waals surface area contributed by atoms with E-state index in [1.165, 1.54) is 31.4 Å². The topological polar surface area (TPSA) is 55.6 Å². The zero-order valence-electron chi connectivity index (χ0n) is 15.0. The number of amides is 1. The lowest BCUT2D eigenvalue weighted by Gasteiger charge is -2.45. The van der Waals surface area contributed by atoms with Gasteiger partial charge in [0.05, 0.1) is 13.2 Å². The fraction of sp³-hybridized carbons (Fsp3) is 0.650. The number of carbonyl (C=O) groups is 1. The van der Waals surface area contributed by atoms with Crippen LogP contribution in [-0.2, 0) is 9.53 Å². The zero-order valence-corrected chi connectivity index (χ0v) is 15.8. The molecule has 6 heteroatoms. The van der Waals surface area contributed by atoms with Crippen molar-refractivity contribution in [1.82, 2.24) is 4.90 Å². The molecule has 4 rings (SSSR count). The second kappa shape index (κ2) is 8.24. The maximum absolute atomic E-state index is 13.1. The maximum Gasteiger partial charge on any atom is 0.225 e. The van der Waals surface area contributed by atoms with Crippen LogP contribution in [0.15, 0.2) is 24.3 Å². The second-order valence-electron chi connectivity index (χ2n) is 7.89. The van der Waals surface area contributed by atoms with Crippen molar-refractivity contribution in [2.75, 3.05) is 19.7 Å². The van der Waals surface area contributed by atoms with Gasteiger partial charge in [-0.3, -0.25) is 4.79 Å². The number of rotatable bonds is 2. The van der Waals surface area contributed by atoms with Crippen LogP contribution in [0.25, 0.3) is 0 Å². The van der Waals surface area contributed by atoms with E-state index >= 15 is 0 Å². The molecule has 2 saturated carbocycles. The summed E-state index contributed by atoms with van der Waals surface area (Å²) in [6, 6.07) is 6.68. The summed E-state index contributed by atoms with van der Waals surface area (Å²) in [5.74, 6) is 1.14. The van der Waals surface area contributed by atoms with Gasteiger partial charge < -0.3 is 15.4 Å². The Balaban J connectivity index is 0.00000196. The molecule has 3 fully saturated rings. The molecule has 0 spiro atoms. The lowest BCUT2D eigenvalue weighted by atomic mass is 9.65. The van der Waals surface area contributed by atoms with Gasteiger partial charge in [-0.2, -0.15) is 0 Å². The van der Waals surface area contributed by atoms with Crippen LogP contribution in [0.1, 0.15) is 43.8 Å². The number of carbonyl (C=O) groups excluding carboxylic acids is 1. The molecule has 3 atom stereocenters. The standard InChI is InChI=1S/C20H27FN2O2.ClH/c21-17-6-4-13(5-7-17)18-12-23(8-9-25-18)20(24)16-10-14-2-1-3-15(11-16)19(14)22;/h4-7,14-16,18-19H,1-3,8-12,22H2;1H. The summed E-state index contributed by atoms with van der Waals surface area (Å²) in [5, 5.41) is 0. The number of ether oxygens (including phenoxy) is 1. The minimum atomic E-state index is -0.252. The third-order valence-corrected chi connectivity index (χ3v) is 6.38. The minimum Gasteiger partial charge on any atom is -0.370 e. The summed E-state index contributed by atoms with van der Waals surface area (Å²) in [6.45, 7) is 1.74. The Morgan fingerprint density at radius 2 is 1.81 bits per heavy atom. The van der Waals surface area contributed by atoms with Gasteiger partial charge >= 0.3 is 0 Å². The van der Waals surface area contributed by atoms with Crippen molar-refractivity contribution < 1.29 is 13.9 Å². The fourth-order valence-electron chi connectivity index (χ4n) is 4.98. The summed E-state index contributed by atoms with van der Waals surface area (Å²) >= 11 is 0. The van der Waals surface area contributed by atoms with Crippen LogP contribution in [-0.4, -0.2) is 36.5 Å². The summed E-state index contributed by atoms with van der Waals surface area (Å²) in [5.41, 5.74) is 7.29. The van der Waals surface area contributed by atoms with Crippen LogP contribution < -0.4 is 5.73 Å². The third-order valence-electron chi connectivity index (χ3n) is 6.38. The molecule has 26 heavy (non-hydrogen) atoms. The van der Waals surface area contributed by atoms with Crippen LogP contribution in [0.3, 0.4) is 0 Å². The number of nitrogens with two attached hydrogens (primary N) is 1. The van der Waals surface area contributed by atoms with Crippen molar-refractivity contribution in [1.29, 1.82) is 0 Å². The smallest absolute Gasteiger partial charge is 0.225 e. The van der Waals surface area contributed by atoms with Gasteiger partial charge in [0, 0.05) is 18.5 Å². The molecule has 3 unspecified atom stereocenters. The molecule has 1 heterocycles. The zero-order chi connectivity index (χ0) is 17.4. The Hall–Kier alpha value is -1.17. The molecule has 144 valence electrons. The summed E-state index contributed by atoms with van der Waals surface area (Å²) in [4.78, 5) is 15.0. The van der Waals surface area contributed by atoms with Crippen molar-refractivity contribution in [2.24, 2.45) is 23.5 Å². The highest BCUT2D eigenvalue weighted by molar-refractivity contribution is 5.85. The van der Waals surface area contributed by atoms with Crippen molar-refractivity contribution in [3.63, 3.8) is 0 Å². The average Bonchev–Trinajstić information content (AvgIpc) is 2.62. The van der Waals surface area contributed by atoms with Gasteiger partial charge in [0.1, 0.15) is 11.9 Å². The lowest BCUT2D eigenvalue weighted by molar-refractivity contribution is -0.146. The van der Waals surface area contributed by atoms with Crippen LogP contribution in [0.2, 0.25) is 0 Å². The molecule has 2 N–H and O–H groups in total. The number of benzene rings is 1. The molecule has 1 amide bonds. The van der Waals surface area contributed by atoms with Crippen LogP contribution in [0.5, 0.6) is 0 Å². The Morgan fingerprint density at radius 3 is 2.46 bits per heavy atom.